The van der Waals surface area contributed by atoms with Crippen LogP contribution < -0.4 is 0 Å². The first-order chi connectivity index (χ1) is 16.4. The molecule has 0 radical (unpaired) electrons. The molecule has 0 amide bonds. The van der Waals surface area contributed by atoms with Crippen LogP contribution in [0.2, 0.25) is 0 Å². The number of hydrogen-bond acceptors (Lipinski definition) is 7. The summed E-state index contributed by atoms with van der Waals surface area (Å²) in [7, 11) is 1.52. The van der Waals surface area contributed by atoms with Gasteiger partial charge in [-0.05, 0) is 55.4 Å². The Bertz CT molecular complexity index is 879. The van der Waals surface area contributed by atoms with Crippen LogP contribution in [0.3, 0.4) is 0 Å². The number of methoxy groups -OCH3 is 1. The van der Waals surface area contributed by atoms with Gasteiger partial charge in [-0.15, -0.1) is 0 Å². The highest BCUT2D eigenvalue weighted by molar-refractivity contribution is 5.72. The van der Waals surface area contributed by atoms with Crippen LogP contribution in [0.5, 0.6) is 0 Å². The molecule has 1 saturated heterocycles. The van der Waals surface area contributed by atoms with Crippen molar-refractivity contribution >= 4 is 11.9 Å². The number of carbonyl (C=O) groups excluding carboxylic acids is 2. The molecule has 1 spiro atoms. The third-order valence-corrected chi connectivity index (χ3v) is 8.89. The Hall–Kier alpha value is -1.96. The fourth-order valence-electron chi connectivity index (χ4n) is 6.39. The lowest BCUT2D eigenvalue weighted by Gasteiger charge is -2.60. The van der Waals surface area contributed by atoms with E-state index in [9.17, 15) is 14.7 Å². The van der Waals surface area contributed by atoms with E-state index in [2.05, 4.69) is 27.0 Å². The Kier molecular flexibility index (Phi) is 8.34. The van der Waals surface area contributed by atoms with Crippen molar-refractivity contribution in [3.63, 3.8) is 0 Å². The summed E-state index contributed by atoms with van der Waals surface area (Å²) >= 11 is 0. The van der Waals surface area contributed by atoms with Gasteiger partial charge in [0.2, 0.25) is 6.29 Å². The lowest BCUT2D eigenvalue weighted by atomic mass is 9.45. The van der Waals surface area contributed by atoms with E-state index in [1.165, 1.54) is 14.0 Å². The SMILES string of the molecule is C=CC(=C)CC[C@]1(C)[C@H]2C[C@H](OC(=O)[C@H](C)CC)C=C3[C@H](OC)O[C@H](OC(C)=O)[C@@]32[C@@H](O)C[C@@H]1C. The van der Waals surface area contributed by atoms with E-state index in [-0.39, 0.29) is 29.1 Å². The van der Waals surface area contributed by atoms with Crippen molar-refractivity contribution < 1.29 is 33.6 Å². The van der Waals surface area contributed by atoms with Gasteiger partial charge in [-0.25, -0.2) is 0 Å². The van der Waals surface area contributed by atoms with Gasteiger partial charge in [-0.2, -0.15) is 0 Å². The Morgan fingerprint density at radius 2 is 2.03 bits per heavy atom. The topological polar surface area (TPSA) is 91.3 Å². The van der Waals surface area contributed by atoms with Crippen molar-refractivity contribution in [2.45, 2.75) is 91.5 Å². The van der Waals surface area contributed by atoms with E-state index in [4.69, 9.17) is 18.9 Å². The molecule has 0 unspecified atom stereocenters. The zero-order valence-corrected chi connectivity index (χ0v) is 22.0. The van der Waals surface area contributed by atoms with Crippen LogP contribution in [0.25, 0.3) is 0 Å². The summed E-state index contributed by atoms with van der Waals surface area (Å²) in [5.74, 6) is -1.01. The van der Waals surface area contributed by atoms with Gasteiger partial charge in [-0.1, -0.05) is 52.5 Å². The Balaban J connectivity index is 2.15. The fourth-order valence-corrected chi connectivity index (χ4v) is 6.39. The first kappa shape index (κ1) is 27.6. The van der Waals surface area contributed by atoms with Gasteiger partial charge in [-0.3, -0.25) is 9.59 Å². The summed E-state index contributed by atoms with van der Waals surface area (Å²) in [6.07, 6.45) is 3.72. The van der Waals surface area contributed by atoms with Crippen molar-refractivity contribution in [3.8, 4) is 0 Å². The lowest BCUT2D eigenvalue weighted by molar-refractivity contribution is -0.254. The lowest BCUT2D eigenvalue weighted by Crippen LogP contribution is -2.63. The predicted molar refractivity (Wildman–Crippen MR) is 132 cm³/mol. The van der Waals surface area contributed by atoms with Gasteiger partial charge >= 0.3 is 11.9 Å². The van der Waals surface area contributed by atoms with Crippen LogP contribution >= 0.6 is 0 Å². The van der Waals surface area contributed by atoms with E-state index < -0.39 is 36.2 Å². The summed E-state index contributed by atoms with van der Waals surface area (Å²) in [5.41, 5.74) is 0.343. The molecular formula is C28H42O7. The first-order valence-electron chi connectivity index (χ1n) is 12.7. The van der Waals surface area contributed by atoms with Crippen LogP contribution in [0.15, 0.2) is 36.5 Å². The maximum Gasteiger partial charge on any atom is 0.309 e. The number of carbonyl (C=O) groups is 2. The van der Waals surface area contributed by atoms with Gasteiger partial charge in [0.05, 0.1) is 17.4 Å². The molecule has 3 aliphatic rings. The van der Waals surface area contributed by atoms with E-state index in [0.29, 0.717) is 24.8 Å². The molecule has 35 heavy (non-hydrogen) atoms. The number of ether oxygens (including phenoxy) is 4. The van der Waals surface area contributed by atoms with Crippen molar-refractivity contribution in [1.82, 2.24) is 0 Å². The molecule has 0 aromatic heterocycles. The molecule has 9 atom stereocenters. The minimum Gasteiger partial charge on any atom is -0.458 e. The monoisotopic (exact) mass is 490 g/mol. The van der Waals surface area contributed by atoms with Crippen LogP contribution in [0, 0.1) is 28.6 Å². The number of esters is 2. The molecule has 196 valence electrons. The minimum atomic E-state index is -1.00. The van der Waals surface area contributed by atoms with Crippen molar-refractivity contribution in [3.05, 3.63) is 36.5 Å². The van der Waals surface area contributed by atoms with Crippen molar-refractivity contribution in [1.29, 1.82) is 0 Å². The molecule has 7 heteroatoms. The zero-order chi connectivity index (χ0) is 26.1. The molecule has 7 nitrogen and oxygen atoms in total. The number of allylic oxidation sites excluding steroid dienone is 2. The van der Waals surface area contributed by atoms with Crippen LogP contribution in [-0.2, 0) is 28.5 Å². The van der Waals surface area contributed by atoms with Crippen LogP contribution in [-0.4, -0.2) is 48.9 Å². The highest BCUT2D eigenvalue weighted by atomic mass is 16.8. The van der Waals surface area contributed by atoms with E-state index >= 15 is 0 Å². The highest BCUT2D eigenvalue weighted by Gasteiger charge is 2.70. The highest BCUT2D eigenvalue weighted by Crippen LogP contribution is 2.67. The number of aliphatic hydroxyl groups excluding tert-OH is 1. The van der Waals surface area contributed by atoms with E-state index in [0.717, 1.165) is 18.4 Å². The van der Waals surface area contributed by atoms with Crippen molar-refractivity contribution in [2.75, 3.05) is 7.11 Å². The second kappa shape index (κ2) is 10.6. The Labute approximate surface area is 209 Å². The zero-order valence-electron chi connectivity index (χ0n) is 22.0. The second-order valence-corrected chi connectivity index (χ2v) is 10.8. The van der Waals surface area contributed by atoms with Gasteiger partial charge < -0.3 is 24.1 Å². The molecule has 0 aromatic rings. The molecular weight excluding hydrogens is 448 g/mol. The van der Waals surface area contributed by atoms with E-state index in [1.54, 1.807) is 6.08 Å². The third-order valence-electron chi connectivity index (χ3n) is 8.89. The molecule has 1 aliphatic heterocycles. The first-order valence-corrected chi connectivity index (χ1v) is 12.7. The quantitative estimate of drug-likeness (QED) is 0.285. The van der Waals surface area contributed by atoms with Gasteiger partial charge in [0, 0.05) is 19.6 Å². The fraction of sp³-hybridized carbons (Fsp3) is 0.714. The smallest absolute Gasteiger partial charge is 0.309 e. The molecule has 2 aliphatic carbocycles. The Morgan fingerprint density at radius 1 is 1.34 bits per heavy atom. The molecule has 1 heterocycles. The van der Waals surface area contributed by atoms with Crippen LogP contribution in [0.1, 0.15) is 66.7 Å². The number of rotatable bonds is 9. The largest absolute Gasteiger partial charge is 0.458 e. The van der Waals surface area contributed by atoms with Gasteiger partial charge in [0.15, 0.2) is 6.29 Å². The summed E-state index contributed by atoms with van der Waals surface area (Å²) in [5, 5.41) is 11.7. The summed E-state index contributed by atoms with van der Waals surface area (Å²) in [6.45, 7) is 17.5. The summed E-state index contributed by atoms with van der Waals surface area (Å²) < 4.78 is 23.5. The molecule has 0 bridgehead atoms. The molecule has 2 fully saturated rings. The second-order valence-electron chi connectivity index (χ2n) is 10.8. The molecule has 0 aromatic carbocycles. The average molecular weight is 491 g/mol. The predicted octanol–water partition coefficient (Wildman–Crippen LogP) is 4.70. The summed E-state index contributed by atoms with van der Waals surface area (Å²) in [4.78, 5) is 24.9. The third kappa shape index (κ3) is 4.75. The number of aliphatic hydroxyl groups is 1. The van der Waals surface area contributed by atoms with Crippen LogP contribution in [0.4, 0.5) is 0 Å². The maximum absolute atomic E-state index is 12.7. The maximum atomic E-state index is 12.7. The molecule has 3 rings (SSSR count). The number of hydrogen-bond donors (Lipinski definition) is 1. The average Bonchev–Trinajstić information content (AvgIpc) is 3.13. The molecule has 1 N–H and O–H groups in total. The van der Waals surface area contributed by atoms with Gasteiger partial charge in [0.1, 0.15) is 6.10 Å². The van der Waals surface area contributed by atoms with E-state index in [1.807, 2.05) is 19.9 Å². The molecule has 1 saturated carbocycles. The van der Waals surface area contributed by atoms with Gasteiger partial charge in [0.25, 0.3) is 0 Å². The normalized spacial score (nSPS) is 39.0. The summed E-state index contributed by atoms with van der Waals surface area (Å²) in [6, 6.07) is 0. The van der Waals surface area contributed by atoms with Crippen molar-refractivity contribution in [2.24, 2.45) is 28.6 Å². The Morgan fingerprint density at radius 3 is 2.60 bits per heavy atom. The standard InChI is InChI=1S/C28H42O7/c1-9-16(3)11-12-27(7)18(5)13-23(30)28-21(25(32-8)35-26(28)33-19(6)29)14-20(15-22(27)28)34-24(31)17(4)10-2/h9,14,17-18,20,22-23,25-26,30H,1,3,10-13,15H2,2,4-8H3/t17-,18+,20-,22-,23+,25-,26+,27+,28+/m1/s1. The minimum absolute atomic E-state index is 0.149.